The van der Waals surface area contributed by atoms with Crippen LogP contribution in [0.2, 0.25) is 0 Å². The van der Waals surface area contributed by atoms with Gasteiger partial charge in [0.25, 0.3) is 0 Å². The summed E-state index contributed by atoms with van der Waals surface area (Å²) in [5, 5.41) is 5.83. The first-order chi connectivity index (χ1) is 7.37. The fraction of sp³-hybridized carbons (Fsp3) is 0.636. The zero-order chi connectivity index (χ0) is 12.2. The van der Waals surface area contributed by atoms with Crippen LogP contribution in [0.25, 0.3) is 0 Å². The number of aromatic nitrogens is 1. The lowest BCUT2D eigenvalue weighted by Gasteiger charge is -2.20. The highest BCUT2D eigenvalue weighted by Crippen LogP contribution is 2.00. The molecule has 1 rings (SSSR count). The lowest BCUT2D eigenvalue weighted by atomic mass is 10.1. The Morgan fingerprint density at radius 1 is 1.50 bits per heavy atom. The Balaban J connectivity index is 2.23. The maximum absolute atomic E-state index is 11.4. The van der Waals surface area contributed by atoms with Gasteiger partial charge in [0.1, 0.15) is 5.76 Å². The number of nitrogens with zero attached hydrogens (tertiary/aromatic N) is 1. The number of amides is 1. The van der Waals surface area contributed by atoms with E-state index in [0.717, 1.165) is 5.76 Å². The topological polar surface area (TPSA) is 67.2 Å². The van der Waals surface area contributed by atoms with E-state index >= 15 is 0 Å². The molecule has 0 aliphatic rings. The fourth-order valence-corrected chi connectivity index (χ4v) is 1.23. The van der Waals surface area contributed by atoms with E-state index < -0.39 is 0 Å². The molecular weight excluding hydrogens is 206 g/mol. The van der Waals surface area contributed by atoms with Crippen molar-refractivity contribution in [2.24, 2.45) is 0 Å². The molecule has 16 heavy (non-hydrogen) atoms. The van der Waals surface area contributed by atoms with E-state index in [1.807, 2.05) is 27.7 Å². The predicted octanol–water partition coefficient (Wildman–Crippen LogP) is 0.987. The molecule has 0 unspecified atom stereocenters. The molecule has 5 heteroatoms. The third-order valence-electron chi connectivity index (χ3n) is 1.75. The summed E-state index contributed by atoms with van der Waals surface area (Å²) in [4.78, 5) is 15.5. The summed E-state index contributed by atoms with van der Waals surface area (Å²) in [6.07, 6.45) is 1.66. The first-order valence-electron chi connectivity index (χ1n) is 5.30. The second kappa shape index (κ2) is 5.12. The summed E-state index contributed by atoms with van der Waals surface area (Å²) in [7, 11) is 0. The normalized spacial score (nSPS) is 11.5. The van der Waals surface area contributed by atoms with Crippen LogP contribution in [0.3, 0.4) is 0 Å². The van der Waals surface area contributed by atoms with Crippen LogP contribution in [0, 0.1) is 6.92 Å². The molecule has 5 nitrogen and oxygen atoms in total. The summed E-state index contributed by atoms with van der Waals surface area (Å²) in [6, 6.07) is 0. The Hall–Kier alpha value is -1.36. The molecule has 0 aromatic carbocycles. The van der Waals surface area contributed by atoms with Crippen molar-refractivity contribution in [3.8, 4) is 0 Å². The van der Waals surface area contributed by atoms with Gasteiger partial charge in [-0.05, 0) is 27.7 Å². The third-order valence-corrected chi connectivity index (χ3v) is 1.75. The van der Waals surface area contributed by atoms with Crippen LogP contribution in [0.15, 0.2) is 10.6 Å². The Morgan fingerprint density at radius 2 is 2.19 bits per heavy atom. The van der Waals surface area contributed by atoms with Gasteiger partial charge in [0.15, 0.2) is 0 Å². The van der Waals surface area contributed by atoms with Gasteiger partial charge in [-0.15, -0.1) is 0 Å². The number of carbonyl (C=O) groups is 1. The Kier molecular flexibility index (Phi) is 4.06. The first kappa shape index (κ1) is 12.7. The number of carbonyl (C=O) groups excluding carboxylic acids is 1. The lowest BCUT2D eigenvalue weighted by Crippen LogP contribution is -2.44. The molecule has 1 amide bonds. The van der Waals surface area contributed by atoms with Crippen LogP contribution in [0.1, 0.15) is 32.4 Å². The van der Waals surface area contributed by atoms with E-state index in [2.05, 4.69) is 15.6 Å². The van der Waals surface area contributed by atoms with Crippen molar-refractivity contribution in [1.82, 2.24) is 15.6 Å². The van der Waals surface area contributed by atoms with Gasteiger partial charge in [0, 0.05) is 5.54 Å². The number of hydrogen-bond donors (Lipinski definition) is 2. The summed E-state index contributed by atoms with van der Waals surface area (Å²) in [6.45, 7) is 8.40. The first-order valence-corrected chi connectivity index (χ1v) is 5.30. The largest absolute Gasteiger partial charge is 0.445 e. The molecule has 0 radical (unpaired) electrons. The predicted molar refractivity (Wildman–Crippen MR) is 60.8 cm³/mol. The summed E-state index contributed by atoms with van der Waals surface area (Å²) in [5.41, 5.74) is -0.196. The second-order valence-electron chi connectivity index (χ2n) is 4.77. The van der Waals surface area contributed by atoms with Crippen LogP contribution in [-0.4, -0.2) is 23.0 Å². The van der Waals surface area contributed by atoms with Crippen molar-refractivity contribution >= 4 is 5.91 Å². The summed E-state index contributed by atoms with van der Waals surface area (Å²) >= 11 is 0. The smallest absolute Gasteiger partial charge is 0.234 e. The van der Waals surface area contributed by atoms with E-state index in [4.69, 9.17) is 4.42 Å². The third kappa shape index (κ3) is 4.93. The molecule has 1 heterocycles. The van der Waals surface area contributed by atoms with Gasteiger partial charge in [0.2, 0.25) is 11.8 Å². The minimum atomic E-state index is -0.196. The van der Waals surface area contributed by atoms with Crippen LogP contribution in [0.4, 0.5) is 0 Å². The lowest BCUT2D eigenvalue weighted by molar-refractivity contribution is -0.121. The highest BCUT2D eigenvalue weighted by molar-refractivity contribution is 5.78. The molecule has 0 bridgehead atoms. The fourth-order valence-electron chi connectivity index (χ4n) is 1.23. The molecule has 1 aromatic rings. The molecule has 90 valence electrons. The molecular formula is C11H19N3O2. The van der Waals surface area contributed by atoms with Gasteiger partial charge >= 0.3 is 0 Å². The minimum absolute atomic E-state index is 0.0317. The molecule has 0 atom stereocenters. The molecule has 0 aliphatic heterocycles. The van der Waals surface area contributed by atoms with Gasteiger partial charge in [-0.25, -0.2) is 4.98 Å². The maximum atomic E-state index is 11.4. The van der Waals surface area contributed by atoms with Gasteiger partial charge in [0.05, 0.1) is 19.3 Å². The molecule has 0 saturated heterocycles. The molecule has 0 fully saturated rings. The summed E-state index contributed by atoms with van der Waals surface area (Å²) < 4.78 is 5.26. The highest BCUT2D eigenvalue weighted by atomic mass is 16.4. The molecule has 0 saturated carbocycles. The van der Waals surface area contributed by atoms with Crippen molar-refractivity contribution in [2.45, 2.75) is 39.8 Å². The van der Waals surface area contributed by atoms with Crippen molar-refractivity contribution in [3.63, 3.8) is 0 Å². The SMILES string of the molecule is Cc1cnc(CNCC(=O)NC(C)(C)C)o1. The number of aryl methyl sites for hydroxylation is 1. The van der Waals surface area contributed by atoms with Crippen molar-refractivity contribution in [3.05, 3.63) is 17.8 Å². The van der Waals surface area contributed by atoms with E-state index in [-0.39, 0.29) is 18.0 Å². The zero-order valence-corrected chi connectivity index (χ0v) is 10.3. The Bertz CT molecular complexity index is 352. The number of hydrogen-bond acceptors (Lipinski definition) is 4. The van der Waals surface area contributed by atoms with E-state index in [1.165, 1.54) is 0 Å². The summed E-state index contributed by atoms with van der Waals surface area (Å²) in [5.74, 6) is 1.34. The number of nitrogens with one attached hydrogen (secondary N) is 2. The Morgan fingerprint density at radius 3 is 2.69 bits per heavy atom. The van der Waals surface area contributed by atoms with Crippen molar-refractivity contribution in [2.75, 3.05) is 6.54 Å². The molecule has 1 aromatic heterocycles. The Labute approximate surface area is 95.6 Å². The number of oxazole rings is 1. The average molecular weight is 225 g/mol. The maximum Gasteiger partial charge on any atom is 0.234 e. The van der Waals surface area contributed by atoms with E-state index in [0.29, 0.717) is 12.4 Å². The number of rotatable bonds is 4. The van der Waals surface area contributed by atoms with Crippen LogP contribution in [0.5, 0.6) is 0 Å². The average Bonchev–Trinajstić information content (AvgIpc) is 2.48. The molecule has 2 N–H and O–H groups in total. The highest BCUT2D eigenvalue weighted by Gasteiger charge is 2.13. The zero-order valence-electron chi connectivity index (χ0n) is 10.3. The van der Waals surface area contributed by atoms with Crippen molar-refractivity contribution in [1.29, 1.82) is 0 Å². The van der Waals surface area contributed by atoms with Crippen LogP contribution < -0.4 is 10.6 Å². The van der Waals surface area contributed by atoms with Crippen LogP contribution >= 0.6 is 0 Å². The van der Waals surface area contributed by atoms with E-state index in [1.54, 1.807) is 6.20 Å². The second-order valence-corrected chi connectivity index (χ2v) is 4.77. The molecule has 0 aliphatic carbocycles. The minimum Gasteiger partial charge on any atom is -0.445 e. The standard InChI is InChI=1S/C11H19N3O2/c1-8-5-13-10(16-8)7-12-6-9(15)14-11(2,3)4/h5,12H,6-7H2,1-4H3,(H,14,15). The van der Waals surface area contributed by atoms with Gasteiger partial charge in [-0.2, -0.15) is 0 Å². The van der Waals surface area contributed by atoms with Gasteiger partial charge in [-0.3, -0.25) is 10.1 Å². The quantitative estimate of drug-likeness (QED) is 0.801. The monoisotopic (exact) mass is 225 g/mol. The van der Waals surface area contributed by atoms with Gasteiger partial charge < -0.3 is 9.73 Å². The van der Waals surface area contributed by atoms with Crippen LogP contribution in [-0.2, 0) is 11.3 Å². The van der Waals surface area contributed by atoms with Gasteiger partial charge in [-0.1, -0.05) is 0 Å². The van der Waals surface area contributed by atoms with E-state index in [9.17, 15) is 4.79 Å². The van der Waals surface area contributed by atoms with Crippen molar-refractivity contribution < 1.29 is 9.21 Å². The molecule has 0 spiro atoms.